The smallest absolute Gasteiger partial charge is 0.497 e. The van der Waals surface area contributed by atoms with Gasteiger partial charge in [0.2, 0.25) is 5.91 Å². The highest BCUT2D eigenvalue weighted by molar-refractivity contribution is 5.98. The van der Waals surface area contributed by atoms with Crippen molar-refractivity contribution in [3.8, 4) is 11.5 Å². The Bertz CT molecular complexity index is 1100. The molecule has 0 spiro atoms. The zero-order valence-electron chi connectivity index (χ0n) is 21.1. The van der Waals surface area contributed by atoms with Crippen molar-refractivity contribution in [2.45, 2.75) is 51.6 Å². The van der Waals surface area contributed by atoms with E-state index >= 15 is 0 Å². The molecule has 1 atom stereocenters. The molecule has 2 amide bonds. The first-order valence-electron chi connectivity index (χ1n) is 11.9. The van der Waals surface area contributed by atoms with Crippen LogP contribution in [-0.4, -0.2) is 54.9 Å². The largest absolute Gasteiger partial charge is 0.573 e. The molecule has 0 aliphatic carbocycles. The van der Waals surface area contributed by atoms with Gasteiger partial charge in [-0.15, -0.1) is 13.2 Å². The van der Waals surface area contributed by atoms with Crippen LogP contribution in [0.15, 0.2) is 42.5 Å². The van der Waals surface area contributed by atoms with Crippen LogP contribution in [-0.2, 0) is 4.79 Å². The van der Waals surface area contributed by atoms with Crippen molar-refractivity contribution in [3.05, 3.63) is 53.8 Å². The summed E-state index contributed by atoms with van der Waals surface area (Å²) in [6.45, 7) is 6.38. The lowest BCUT2D eigenvalue weighted by atomic mass is 9.88. The first-order valence-corrected chi connectivity index (χ1v) is 11.9. The van der Waals surface area contributed by atoms with Gasteiger partial charge in [-0.05, 0) is 68.1 Å². The van der Waals surface area contributed by atoms with Crippen molar-refractivity contribution in [3.63, 3.8) is 0 Å². The highest BCUT2D eigenvalue weighted by Crippen LogP contribution is 2.29. The van der Waals surface area contributed by atoms with Crippen LogP contribution in [0.1, 0.15) is 44.0 Å². The molecule has 37 heavy (non-hydrogen) atoms. The summed E-state index contributed by atoms with van der Waals surface area (Å²) >= 11 is 0. The van der Waals surface area contributed by atoms with Crippen molar-refractivity contribution < 1.29 is 36.6 Å². The predicted octanol–water partition coefficient (Wildman–Crippen LogP) is 4.98. The molecule has 1 aliphatic heterocycles. The second kappa shape index (κ2) is 11.3. The van der Waals surface area contributed by atoms with E-state index in [9.17, 15) is 27.2 Å². The third-order valence-corrected chi connectivity index (χ3v) is 6.35. The number of carbonyl (C=O) groups is 2. The summed E-state index contributed by atoms with van der Waals surface area (Å²) in [7, 11) is 1.60. The fourth-order valence-electron chi connectivity index (χ4n) is 4.17. The number of hydrogen-bond donors (Lipinski definition) is 2. The Morgan fingerprint density at radius 3 is 2.16 bits per heavy atom. The lowest BCUT2D eigenvalue weighted by Gasteiger charge is -2.42. The standard InChI is InChI=1S/C26H31F4N3O4/c1-16(2)22(31-23(34)20-15-19(9-10-21(20)27)37-26(28,29)30)24(35)33-13-11-25(3,12-14-33)32-17-5-7-18(36-4)8-6-17/h5-10,15-16,22,32H,11-14H2,1-4H3,(H,31,34). The first kappa shape index (κ1) is 28.1. The van der Waals surface area contributed by atoms with E-state index in [1.54, 1.807) is 25.9 Å². The molecule has 2 aromatic rings. The van der Waals surface area contributed by atoms with Gasteiger partial charge in [0, 0.05) is 24.3 Å². The Kier molecular flexibility index (Phi) is 8.55. The van der Waals surface area contributed by atoms with Crippen molar-refractivity contribution in [2.24, 2.45) is 5.92 Å². The highest BCUT2D eigenvalue weighted by atomic mass is 19.4. The Balaban J connectivity index is 1.65. The third kappa shape index (κ3) is 7.50. The van der Waals surface area contributed by atoms with Crippen LogP contribution in [0.5, 0.6) is 11.5 Å². The summed E-state index contributed by atoms with van der Waals surface area (Å²) < 4.78 is 60.8. The minimum Gasteiger partial charge on any atom is -0.497 e. The summed E-state index contributed by atoms with van der Waals surface area (Å²) in [5.41, 5.74) is 0.0218. The number of benzene rings is 2. The van der Waals surface area contributed by atoms with E-state index in [1.165, 1.54) is 0 Å². The highest BCUT2D eigenvalue weighted by Gasteiger charge is 2.36. The van der Waals surface area contributed by atoms with E-state index in [0.29, 0.717) is 38.1 Å². The molecule has 7 nitrogen and oxygen atoms in total. The number of methoxy groups -OCH3 is 1. The van der Waals surface area contributed by atoms with Crippen molar-refractivity contribution in [2.75, 3.05) is 25.5 Å². The molecule has 0 saturated carbocycles. The normalized spacial score (nSPS) is 16.2. The lowest BCUT2D eigenvalue weighted by Crippen LogP contribution is -2.56. The van der Waals surface area contributed by atoms with Crippen molar-refractivity contribution >= 4 is 17.5 Å². The minimum atomic E-state index is -4.99. The average Bonchev–Trinajstić information content (AvgIpc) is 2.83. The van der Waals surface area contributed by atoms with Crippen molar-refractivity contribution in [1.29, 1.82) is 0 Å². The van der Waals surface area contributed by atoms with Crippen molar-refractivity contribution in [1.82, 2.24) is 10.2 Å². The fraction of sp³-hybridized carbons (Fsp3) is 0.462. The summed E-state index contributed by atoms with van der Waals surface area (Å²) in [4.78, 5) is 27.7. The number of nitrogens with zero attached hydrogens (tertiary/aromatic N) is 1. The monoisotopic (exact) mass is 525 g/mol. The van der Waals surface area contributed by atoms with Crippen LogP contribution >= 0.6 is 0 Å². The van der Waals surface area contributed by atoms with Crippen LogP contribution in [0.25, 0.3) is 0 Å². The maximum absolute atomic E-state index is 14.3. The maximum atomic E-state index is 14.3. The van der Waals surface area contributed by atoms with Crippen LogP contribution in [0, 0.1) is 11.7 Å². The number of carbonyl (C=O) groups excluding carboxylic acids is 2. The Hall–Kier alpha value is -3.50. The molecule has 2 N–H and O–H groups in total. The van der Waals surface area contributed by atoms with Gasteiger partial charge in [-0.25, -0.2) is 4.39 Å². The number of piperidine rings is 1. The zero-order valence-corrected chi connectivity index (χ0v) is 21.1. The van der Waals surface area contributed by atoms with Gasteiger partial charge in [0.25, 0.3) is 5.91 Å². The molecule has 3 rings (SSSR count). The molecular formula is C26H31F4N3O4. The second-order valence-corrected chi connectivity index (χ2v) is 9.62. The molecule has 0 radical (unpaired) electrons. The molecule has 0 aromatic heterocycles. The van der Waals surface area contributed by atoms with E-state index < -0.39 is 35.4 Å². The molecule has 1 heterocycles. The summed E-state index contributed by atoms with van der Waals surface area (Å²) in [5, 5.41) is 6.00. The van der Waals surface area contributed by atoms with Crippen LogP contribution in [0.2, 0.25) is 0 Å². The van der Waals surface area contributed by atoms with E-state index in [1.807, 2.05) is 24.3 Å². The lowest BCUT2D eigenvalue weighted by molar-refractivity contribution is -0.274. The number of likely N-dealkylation sites (tertiary alicyclic amines) is 1. The average molecular weight is 526 g/mol. The first-order chi connectivity index (χ1) is 17.3. The Labute approximate surface area is 213 Å². The van der Waals surface area contributed by atoms with Crippen LogP contribution < -0.4 is 20.1 Å². The maximum Gasteiger partial charge on any atom is 0.573 e. The van der Waals surface area contributed by atoms with E-state index in [4.69, 9.17) is 4.74 Å². The van der Waals surface area contributed by atoms with Crippen LogP contribution in [0.3, 0.4) is 0 Å². The van der Waals surface area contributed by atoms with Gasteiger partial charge < -0.3 is 25.0 Å². The molecule has 2 aromatic carbocycles. The topological polar surface area (TPSA) is 79.9 Å². The molecule has 11 heteroatoms. The second-order valence-electron chi connectivity index (χ2n) is 9.62. The van der Waals surface area contributed by atoms with E-state index in [-0.39, 0.29) is 17.4 Å². The SMILES string of the molecule is COc1ccc(NC2(C)CCN(C(=O)C(NC(=O)c3cc(OC(F)(F)F)ccc3F)C(C)C)CC2)cc1. The minimum absolute atomic E-state index is 0.260. The molecule has 1 fully saturated rings. The Morgan fingerprint density at radius 1 is 1.03 bits per heavy atom. The molecule has 1 aliphatic rings. The number of alkyl halides is 3. The summed E-state index contributed by atoms with van der Waals surface area (Å²) in [6.07, 6.45) is -3.70. The number of halogens is 4. The number of amides is 2. The third-order valence-electron chi connectivity index (χ3n) is 6.35. The number of ether oxygens (including phenoxy) is 2. The van der Waals surface area contributed by atoms with E-state index in [0.717, 1.165) is 17.5 Å². The van der Waals surface area contributed by atoms with Gasteiger partial charge in [-0.1, -0.05) is 13.8 Å². The van der Waals surface area contributed by atoms with Gasteiger partial charge in [-0.2, -0.15) is 0 Å². The Morgan fingerprint density at radius 2 is 1.62 bits per heavy atom. The fourth-order valence-corrected chi connectivity index (χ4v) is 4.17. The number of rotatable bonds is 8. The van der Waals surface area contributed by atoms with E-state index in [2.05, 4.69) is 22.3 Å². The number of anilines is 1. The molecule has 1 unspecified atom stereocenters. The number of nitrogens with one attached hydrogen (secondary N) is 2. The van der Waals surface area contributed by atoms with Gasteiger partial charge >= 0.3 is 6.36 Å². The molecule has 1 saturated heterocycles. The van der Waals surface area contributed by atoms with Gasteiger partial charge in [0.15, 0.2) is 0 Å². The summed E-state index contributed by atoms with van der Waals surface area (Å²) in [6, 6.07) is 8.70. The van der Waals surface area contributed by atoms with Gasteiger partial charge in [0.1, 0.15) is 23.4 Å². The quantitative estimate of drug-likeness (QED) is 0.476. The molecule has 0 bridgehead atoms. The number of hydrogen-bond acceptors (Lipinski definition) is 5. The zero-order chi connectivity index (χ0) is 27.4. The molecule has 202 valence electrons. The van der Waals surface area contributed by atoms with Gasteiger partial charge in [0.05, 0.1) is 12.7 Å². The van der Waals surface area contributed by atoms with Crippen LogP contribution in [0.4, 0.5) is 23.2 Å². The van der Waals surface area contributed by atoms with Gasteiger partial charge in [-0.3, -0.25) is 9.59 Å². The predicted molar refractivity (Wildman–Crippen MR) is 130 cm³/mol. The molecular weight excluding hydrogens is 494 g/mol. The summed E-state index contributed by atoms with van der Waals surface area (Å²) in [5.74, 6) is -2.69.